The molecule has 134 valence electrons. The molecule has 3 aromatic rings. The second-order valence-electron chi connectivity index (χ2n) is 5.38. The highest BCUT2D eigenvalue weighted by Gasteiger charge is 2.16. The Morgan fingerprint density at radius 2 is 1.92 bits per heavy atom. The average Bonchev–Trinajstić information content (AvgIpc) is 3.02. The zero-order valence-electron chi connectivity index (χ0n) is 14.3. The van der Waals surface area contributed by atoms with Crippen LogP contribution in [0.2, 0.25) is 0 Å². The Morgan fingerprint density at radius 3 is 2.69 bits per heavy atom. The molecule has 3 rings (SSSR count). The van der Waals surface area contributed by atoms with Crippen LogP contribution in [-0.2, 0) is 11.8 Å². The zero-order valence-corrected chi connectivity index (χ0v) is 15.1. The molecule has 26 heavy (non-hydrogen) atoms. The summed E-state index contributed by atoms with van der Waals surface area (Å²) in [6, 6.07) is 13.5. The third-order valence-electron chi connectivity index (χ3n) is 3.66. The van der Waals surface area contributed by atoms with E-state index in [1.807, 2.05) is 31.3 Å². The lowest BCUT2D eigenvalue weighted by molar-refractivity contribution is -0.113. The predicted octanol–water partition coefficient (Wildman–Crippen LogP) is 3.36. The van der Waals surface area contributed by atoms with E-state index in [4.69, 9.17) is 4.74 Å². The number of rotatable bonds is 6. The van der Waals surface area contributed by atoms with Crippen LogP contribution in [0, 0.1) is 5.82 Å². The molecule has 0 aliphatic rings. The Labute approximate surface area is 154 Å². The van der Waals surface area contributed by atoms with Gasteiger partial charge in [-0.15, -0.1) is 10.2 Å². The molecule has 1 amide bonds. The Bertz CT molecular complexity index is 929. The maximum absolute atomic E-state index is 13.6. The van der Waals surface area contributed by atoms with E-state index < -0.39 is 5.82 Å². The summed E-state index contributed by atoms with van der Waals surface area (Å²) in [6.07, 6.45) is 0. The molecular formula is C18H17FN4O2S. The summed E-state index contributed by atoms with van der Waals surface area (Å²) >= 11 is 1.22. The molecule has 0 aliphatic carbocycles. The molecule has 0 atom stereocenters. The lowest BCUT2D eigenvalue weighted by atomic mass is 10.2. The number of para-hydroxylation sites is 2. The SMILES string of the molecule is COc1ccccc1-c1nnc(SCC(=O)Nc2ccccc2F)n1C. The van der Waals surface area contributed by atoms with Crippen molar-refractivity contribution in [2.75, 3.05) is 18.2 Å². The molecule has 0 fully saturated rings. The van der Waals surface area contributed by atoms with Gasteiger partial charge in [0.1, 0.15) is 11.6 Å². The number of hydrogen-bond donors (Lipinski definition) is 1. The number of hydrogen-bond acceptors (Lipinski definition) is 5. The van der Waals surface area contributed by atoms with E-state index in [0.717, 1.165) is 5.56 Å². The molecular weight excluding hydrogens is 355 g/mol. The molecule has 2 aromatic carbocycles. The summed E-state index contributed by atoms with van der Waals surface area (Å²) < 4.78 is 20.7. The number of nitrogens with one attached hydrogen (secondary N) is 1. The van der Waals surface area contributed by atoms with Crippen molar-refractivity contribution in [2.24, 2.45) is 7.05 Å². The molecule has 0 aliphatic heterocycles. The summed E-state index contributed by atoms with van der Waals surface area (Å²) in [5, 5.41) is 11.4. The Kier molecular flexibility index (Phi) is 5.52. The Balaban J connectivity index is 1.69. The number of carbonyl (C=O) groups excluding carboxylic acids is 1. The third-order valence-corrected chi connectivity index (χ3v) is 4.68. The van der Waals surface area contributed by atoms with Gasteiger partial charge in [0.2, 0.25) is 5.91 Å². The van der Waals surface area contributed by atoms with Crippen LogP contribution >= 0.6 is 11.8 Å². The minimum Gasteiger partial charge on any atom is -0.496 e. The maximum Gasteiger partial charge on any atom is 0.234 e. The van der Waals surface area contributed by atoms with Crippen molar-refractivity contribution in [1.29, 1.82) is 0 Å². The Hall–Kier alpha value is -2.87. The summed E-state index contributed by atoms with van der Waals surface area (Å²) in [4.78, 5) is 12.1. The quantitative estimate of drug-likeness (QED) is 0.672. The number of thioether (sulfide) groups is 1. The van der Waals surface area contributed by atoms with Crippen LogP contribution in [-0.4, -0.2) is 33.5 Å². The summed E-state index contributed by atoms with van der Waals surface area (Å²) in [5.74, 6) is 0.632. The van der Waals surface area contributed by atoms with Crippen LogP contribution in [0.15, 0.2) is 53.7 Å². The van der Waals surface area contributed by atoms with Gasteiger partial charge in [-0.25, -0.2) is 4.39 Å². The van der Waals surface area contributed by atoms with E-state index in [-0.39, 0.29) is 17.3 Å². The fourth-order valence-corrected chi connectivity index (χ4v) is 3.09. The van der Waals surface area contributed by atoms with Crippen molar-refractivity contribution in [3.8, 4) is 17.1 Å². The van der Waals surface area contributed by atoms with Gasteiger partial charge in [-0.05, 0) is 24.3 Å². The Morgan fingerprint density at radius 1 is 1.19 bits per heavy atom. The molecule has 1 aromatic heterocycles. The number of halogens is 1. The van der Waals surface area contributed by atoms with E-state index in [2.05, 4.69) is 15.5 Å². The lowest BCUT2D eigenvalue weighted by Gasteiger charge is -2.08. The van der Waals surface area contributed by atoms with Gasteiger partial charge in [-0.3, -0.25) is 4.79 Å². The van der Waals surface area contributed by atoms with Gasteiger partial charge < -0.3 is 14.6 Å². The largest absolute Gasteiger partial charge is 0.496 e. The molecule has 8 heteroatoms. The zero-order chi connectivity index (χ0) is 18.5. The number of nitrogens with zero attached hydrogens (tertiary/aromatic N) is 3. The molecule has 0 saturated carbocycles. The van der Waals surface area contributed by atoms with Crippen LogP contribution in [0.25, 0.3) is 11.4 Å². The first-order valence-corrected chi connectivity index (χ1v) is 8.78. The third kappa shape index (κ3) is 3.85. The number of benzene rings is 2. The van der Waals surface area contributed by atoms with Gasteiger partial charge in [0, 0.05) is 7.05 Å². The molecule has 1 N–H and O–H groups in total. The molecule has 0 spiro atoms. The van der Waals surface area contributed by atoms with Crippen molar-refractivity contribution in [1.82, 2.24) is 14.8 Å². The average molecular weight is 372 g/mol. The molecule has 0 radical (unpaired) electrons. The fourth-order valence-electron chi connectivity index (χ4n) is 2.38. The van der Waals surface area contributed by atoms with Gasteiger partial charge in [0.05, 0.1) is 24.1 Å². The van der Waals surface area contributed by atoms with Crippen molar-refractivity contribution in [3.63, 3.8) is 0 Å². The number of aromatic nitrogens is 3. The van der Waals surface area contributed by atoms with E-state index >= 15 is 0 Å². The minimum absolute atomic E-state index is 0.0895. The lowest BCUT2D eigenvalue weighted by Crippen LogP contribution is -2.15. The smallest absolute Gasteiger partial charge is 0.234 e. The minimum atomic E-state index is -0.469. The van der Waals surface area contributed by atoms with Gasteiger partial charge in [-0.1, -0.05) is 36.0 Å². The summed E-state index contributed by atoms with van der Waals surface area (Å²) in [5.41, 5.74) is 0.971. The van der Waals surface area contributed by atoms with Gasteiger partial charge in [-0.2, -0.15) is 0 Å². The number of methoxy groups -OCH3 is 1. The van der Waals surface area contributed by atoms with E-state index in [1.54, 1.807) is 23.8 Å². The second kappa shape index (κ2) is 8.01. The number of carbonyl (C=O) groups is 1. The maximum atomic E-state index is 13.6. The van der Waals surface area contributed by atoms with Crippen LogP contribution < -0.4 is 10.1 Å². The van der Waals surface area contributed by atoms with Crippen LogP contribution in [0.1, 0.15) is 0 Å². The highest BCUT2D eigenvalue weighted by Crippen LogP contribution is 2.30. The van der Waals surface area contributed by atoms with Gasteiger partial charge in [0.15, 0.2) is 11.0 Å². The van der Waals surface area contributed by atoms with Crippen molar-refractivity contribution >= 4 is 23.4 Å². The predicted molar refractivity (Wildman–Crippen MR) is 98.7 cm³/mol. The summed E-state index contributed by atoms with van der Waals surface area (Å²) in [7, 11) is 3.41. The second-order valence-corrected chi connectivity index (χ2v) is 6.32. The molecule has 0 saturated heterocycles. The van der Waals surface area contributed by atoms with Crippen molar-refractivity contribution < 1.29 is 13.9 Å². The first kappa shape index (κ1) is 17.9. The van der Waals surface area contributed by atoms with Crippen molar-refractivity contribution in [3.05, 3.63) is 54.3 Å². The molecule has 0 bridgehead atoms. The first-order chi connectivity index (χ1) is 12.6. The first-order valence-electron chi connectivity index (χ1n) is 7.80. The standard InChI is InChI=1S/C18H17FN4O2S/c1-23-17(12-7-3-6-10-15(12)25-2)21-22-18(23)26-11-16(24)20-14-9-5-4-8-13(14)19/h3-10H,11H2,1-2H3,(H,20,24). The topological polar surface area (TPSA) is 69.0 Å². The normalized spacial score (nSPS) is 10.6. The highest BCUT2D eigenvalue weighted by atomic mass is 32.2. The van der Waals surface area contributed by atoms with E-state index in [1.165, 1.54) is 23.9 Å². The van der Waals surface area contributed by atoms with Crippen LogP contribution in [0.5, 0.6) is 5.75 Å². The monoisotopic (exact) mass is 372 g/mol. The van der Waals surface area contributed by atoms with E-state index in [0.29, 0.717) is 16.7 Å². The van der Waals surface area contributed by atoms with Crippen LogP contribution in [0.3, 0.4) is 0 Å². The number of amides is 1. The van der Waals surface area contributed by atoms with Crippen molar-refractivity contribution in [2.45, 2.75) is 5.16 Å². The van der Waals surface area contributed by atoms with E-state index in [9.17, 15) is 9.18 Å². The number of anilines is 1. The van der Waals surface area contributed by atoms with Gasteiger partial charge in [0.25, 0.3) is 0 Å². The summed E-state index contributed by atoms with van der Waals surface area (Å²) in [6.45, 7) is 0. The molecule has 6 nitrogen and oxygen atoms in total. The molecule has 1 heterocycles. The van der Waals surface area contributed by atoms with Gasteiger partial charge >= 0.3 is 0 Å². The fraction of sp³-hybridized carbons (Fsp3) is 0.167. The number of ether oxygens (including phenoxy) is 1. The highest BCUT2D eigenvalue weighted by molar-refractivity contribution is 7.99. The molecule has 0 unspecified atom stereocenters. The van der Waals surface area contributed by atoms with Crippen LogP contribution in [0.4, 0.5) is 10.1 Å².